The molecule has 2 N–H and O–H groups in total. The molecule has 1 aromatic heterocycles. The zero-order valence-corrected chi connectivity index (χ0v) is 11.0. The van der Waals surface area contributed by atoms with E-state index in [0.29, 0.717) is 5.69 Å². The van der Waals surface area contributed by atoms with Gasteiger partial charge in [-0.15, -0.1) is 10.2 Å². The fraction of sp³-hybridized carbons (Fsp3) is 0.308. The number of hydrogen-bond donors (Lipinski definition) is 2. The van der Waals surface area contributed by atoms with E-state index in [1.54, 1.807) is 12.1 Å². The molecule has 0 unspecified atom stereocenters. The number of halogens is 1. The van der Waals surface area contributed by atoms with Crippen molar-refractivity contribution in [3.05, 3.63) is 46.1 Å². The predicted molar refractivity (Wildman–Crippen MR) is 70.7 cm³/mol. The number of aromatic nitrogens is 2. The molecule has 2 rings (SSSR count). The Kier molecular flexibility index (Phi) is 3.33. The number of hydrogen-bond acceptors (Lipinski definition) is 3. The molecule has 0 amide bonds. The summed E-state index contributed by atoms with van der Waals surface area (Å²) in [7, 11) is 0. The van der Waals surface area contributed by atoms with Crippen LogP contribution in [0.3, 0.4) is 0 Å². The second-order valence-corrected chi connectivity index (χ2v) is 5.20. The van der Waals surface area contributed by atoms with Crippen LogP contribution in [0.4, 0.5) is 15.8 Å². The lowest BCUT2D eigenvalue weighted by molar-refractivity contribution is 0.567. The van der Waals surface area contributed by atoms with Crippen molar-refractivity contribution in [2.24, 2.45) is 10.2 Å². The van der Waals surface area contributed by atoms with Gasteiger partial charge in [0.2, 0.25) is 0 Å². The lowest BCUT2D eigenvalue weighted by Gasteiger charge is -2.15. The third-order valence-corrected chi connectivity index (χ3v) is 2.61. The van der Waals surface area contributed by atoms with Gasteiger partial charge in [0.05, 0.1) is 5.69 Å². The minimum Gasteiger partial charge on any atom is -0.299 e. The minimum atomic E-state index is -0.476. The summed E-state index contributed by atoms with van der Waals surface area (Å²) in [5, 5.41) is 12.9. The molecule has 0 spiro atoms. The van der Waals surface area contributed by atoms with Gasteiger partial charge in [0, 0.05) is 5.41 Å². The standard InChI is InChI=1S/C13H15FN4O/c1-13(2,3)11-10(12(19)18-17-11)16-15-9-7-5-4-6-8(9)14/h4-7H,1-3H3,(H2,17,18,19). The Bertz CT molecular complexity index is 664. The van der Waals surface area contributed by atoms with Gasteiger partial charge >= 0.3 is 0 Å². The Hall–Kier alpha value is -2.24. The molecule has 0 fully saturated rings. The molecule has 1 heterocycles. The smallest absolute Gasteiger partial charge is 0.292 e. The molecule has 0 bridgehead atoms. The van der Waals surface area contributed by atoms with Gasteiger partial charge in [-0.3, -0.25) is 15.0 Å². The highest BCUT2D eigenvalue weighted by Gasteiger charge is 2.22. The highest BCUT2D eigenvalue weighted by Crippen LogP contribution is 2.28. The maximum atomic E-state index is 13.4. The van der Waals surface area contributed by atoms with Crippen LogP contribution in [0.2, 0.25) is 0 Å². The van der Waals surface area contributed by atoms with Gasteiger partial charge in [0.25, 0.3) is 5.56 Å². The van der Waals surface area contributed by atoms with Crippen LogP contribution >= 0.6 is 0 Å². The molecule has 100 valence electrons. The molecule has 6 heteroatoms. The van der Waals surface area contributed by atoms with Crippen molar-refractivity contribution in [1.82, 2.24) is 10.2 Å². The number of azo groups is 1. The van der Waals surface area contributed by atoms with E-state index in [1.807, 2.05) is 20.8 Å². The quantitative estimate of drug-likeness (QED) is 0.798. The van der Waals surface area contributed by atoms with Gasteiger partial charge in [0.1, 0.15) is 5.69 Å². The van der Waals surface area contributed by atoms with Gasteiger partial charge in [0.15, 0.2) is 11.5 Å². The normalized spacial score (nSPS) is 12.2. The average Bonchev–Trinajstić information content (AvgIpc) is 2.69. The third kappa shape index (κ3) is 2.78. The minimum absolute atomic E-state index is 0.1000. The summed E-state index contributed by atoms with van der Waals surface area (Å²) < 4.78 is 13.4. The Labute approximate surface area is 109 Å². The maximum Gasteiger partial charge on any atom is 0.292 e. The lowest BCUT2D eigenvalue weighted by atomic mass is 9.91. The van der Waals surface area contributed by atoms with Crippen LogP contribution in [-0.2, 0) is 5.41 Å². The van der Waals surface area contributed by atoms with E-state index in [1.165, 1.54) is 12.1 Å². The SMILES string of the molecule is CC(C)(C)c1[nH][nH]c(=O)c1N=Nc1ccccc1F. The summed E-state index contributed by atoms with van der Waals surface area (Å²) in [4.78, 5) is 11.7. The van der Waals surface area contributed by atoms with E-state index < -0.39 is 5.82 Å². The largest absolute Gasteiger partial charge is 0.299 e. The van der Waals surface area contributed by atoms with Gasteiger partial charge in [-0.25, -0.2) is 4.39 Å². The molecule has 19 heavy (non-hydrogen) atoms. The second-order valence-electron chi connectivity index (χ2n) is 5.20. The molecule has 0 radical (unpaired) electrons. The van der Waals surface area contributed by atoms with Gasteiger partial charge in [-0.2, -0.15) is 0 Å². The summed E-state index contributed by atoms with van der Waals surface area (Å²) >= 11 is 0. The first kappa shape index (κ1) is 13.2. The first-order valence-corrected chi connectivity index (χ1v) is 5.87. The molecule has 0 saturated carbocycles. The molecule has 0 atom stereocenters. The highest BCUT2D eigenvalue weighted by molar-refractivity contribution is 5.44. The highest BCUT2D eigenvalue weighted by atomic mass is 19.1. The monoisotopic (exact) mass is 262 g/mol. The van der Waals surface area contributed by atoms with E-state index in [-0.39, 0.29) is 22.3 Å². The maximum absolute atomic E-state index is 13.4. The zero-order chi connectivity index (χ0) is 14.0. The van der Waals surface area contributed by atoms with Crippen molar-refractivity contribution >= 4 is 11.4 Å². The van der Waals surface area contributed by atoms with Gasteiger partial charge in [-0.05, 0) is 12.1 Å². The molecular weight excluding hydrogens is 247 g/mol. The Balaban J connectivity index is 2.42. The number of nitrogens with one attached hydrogen (secondary N) is 2. The molecule has 2 aromatic rings. The van der Waals surface area contributed by atoms with Crippen LogP contribution in [0.5, 0.6) is 0 Å². The Morgan fingerprint density at radius 3 is 2.42 bits per heavy atom. The topological polar surface area (TPSA) is 73.4 Å². The number of benzene rings is 1. The number of rotatable bonds is 2. The molecule has 0 saturated heterocycles. The van der Waals surface area contributed by atoms with Crippen molar-refractivity contribution in [2.75, 3.05) is 0 Å². The number of nitrogens with zero attached hydrogens (tertiary/aromatic N) is 2. The summed E-state index contributed by atoms with van der Waals surface area (Å²) in [6, 6.07) is 6.01. The summed E-state index contributed by atoms with van der Waals surface area (Å²) in [6.07, 6.45) is 0. The summed E-state index contributed by atoms with van der Waals surface area (Å²) in [6.45, 7) is 5.82. The first-order valence-electron chi connectivity index (χ1n) is 5.87. The fourth-order valence-electron chi connectivity index (χ4n) is 1.63. The Morgan fingerprint density at radius 2 is 1.79 bits per heavy atom. The van der Waals surface area contributed by atoms with Crippen LogP contribution in [0.25, 0.3) is 0 Å². The van der Waals surface area contributed by atoms with Crippen LogP contribution in [0.15, 0.2) is 39.3 Å². The number of aromatic amines is 2. The second kappa shape index (κ2) is 4.79. The van der Waals surface area contributed by atoms with Gasteiger partial charge < -0.3 is 0 Å². The van der Waals surface area contributed by atoms with E-state index in [2.05, 4.69) is 20.4 Å². The van der Waals surface area contributed by atoms with Crippen LogP contribution in [-0.4, -0.2) is 10.2 Å². The summed E-state index contributed by atoms with van der Waals surface area (Å²) in [5.74, 6) is -0.476. The average molecular weight is 262 g/mol. The number of H-pyrrole nitrogens is 2. The lowest BCUT2D eigenvalue weighted by Crippen LogP contribution is -2.12. The molecular formula is C13H15FN4O. The molecule has 5 nitrogen and oxygen atoms in total. The fourth-order valence-corrected chi connectivity index (χ4v) is 1.63. The van der Waals surface area contributed by atoms with Crippen molar-refractivity contribution in [2.45, 2.75) is 26.2 Å². The van der Waals surface area contributed by atoms with Gasteiger partial charge in [-0.1, -0.05) is 32.9 Å². The third-order valence-electron chi connectivity index (χ3n) is 2.61. The zero-order valence-electron chi connectivity index (χ0n) is 11.0. The van der Waals surface area contributed by atoms with Crippen molar-refractivity contribution in [3.63, 3.8) is 0 Å². The van der Waals surface area contributed by atoms with E-state index in [9.17, 15) is 9.18 Å². The summed E-state index contributed by atoms with van der Waals surface area (Å²) in [5.41, 5.74) is 0.254. The van der Waals surface area contributed by atoms with Crippen molar-refractivity contribution < 1.29 is 4.39 Å². The van der Waals surface area contributed by atoms with Crippen molar-refractivity contribution in [1.29, 1.82) is 0 Å². The van der Waals surface area contributed by atoms with Crippen LogP contribution < -0.4 is 5.56 Å². The van der Waals surface area contributed by atoms with Crippen molar-refractivity contribution in [3.8, 4) is 0 Å². The predicted octanol–water partition coefficient (Wildman–Crippen LogP) is 3.56. The van der Waals surface area contributed by atoms with E-state index >= 15 is 0 Å². The molecule has 1 aromatic carbocycles. The molecule has 0 aliphatic carbocycles. The van der Waals surface area contributed by atoms with E-state index in [0.717, 1.165) is 0 Å². The van der Waals surface area contributed by atoms with Crippen LogP contribution in [0, 0.1) is 5.82 Å². The molecule has 0 aliphatic heterocycles. The first-order chi connectivity index (χ1) is 8.89. The van der Waals surface area contributed by atoms with E-state index in [4.69, 9.17) is 0 Å². The molecule has 0 aliphatic rings. The Morgan fingerprint density at radius 1 is 1.11 bits per heavy atom. The van der Waals surface area contributed by atoms with Crippen LogP contribution in [0.1, 0.15) is 26.5 Å².